The highest BCUT2D eigenvalue weighted by atomic mass is 19.3. The van der Waals surface area contributed by atoms with Crippen molar-refractivity contribution in [3.63, 3.8) is 0 Å². The zero-order valence-electron chi connectivity index (χ0n) is 15.9. The molecule has 0 fully saturated rings. The maximum atomic E-state index is 13.6. The fraction of sp³-hybridized carbons (Fsp3) is 0.211. The van der Waals surface area contributed by atoms with Gasteiger partial charge in [-0.3, -0.25) is 4.79 Å². The van der Waals surface area contributed by atoms with E-state index in [0.29, 0.717) is 22.8 Å². The van der Waals surface area contributed by atoms with Crippen LogP contribution in [0.4, 0.5) is 26.1 Å². The minimum atomic E-state index is -3.08. The first-order valence-corrected chi connectivity index (χ1v) is 8.54. The van der Waals surface area contributed by atoms with Crippen LogP contribution < -0.4 is 15.4 Å². The number of alkyl halides is 2. The highest BCUT2D eigenvalue weighted by Gasteiger charge is 2.26. The van der Waals surface area contributed by atoms with Crippen LogP contribution >= 0.6 is 0 Å². The minimum Gasteiger partial charge on any atom is -0.480 e. The van der Waals surface area contributed by atoms with Crippen molar-refractivity contribution in [1.82, 2.24) is 20.2 Å². The number of halogens is 2. The Kier molecular flexibility index (Phi) is 5.62. The van der Waals surface area contributed by atoms with Gasteiger partial charge in [-0.1, -0.05) is 6.07 Å². The summed E-state index contributed by atoms with van der Waals surface area (Å²) in [5, 5.41) is 13.6. The summed E-state index contributed by atoms with van der Waals surface area (Å²) in [7, 11) is 1.47. The van der Waals surface area contributed by atoms with Crippen LogP contribution in [0.15, 0.2) is 42.6 Å². The van der Waals surface area contributed by atoms with Gasteiger partial charge in [0.2, 0.25) is 11.8 Å². The molecule has 150 valence electrons. The Morgan fingerprint density at radius 2 is 1.93 bits per heavy atom. The Balaban J connectivity index is 2.03. The lowest BCUT2D eigenvalue weighted by atomic mass is 10.1. The molecule has 0 bridgehead atoms. The fourth-order valence-electron chi connectivity index (χ4n) is 2.47. The number of carbonyl (C=O) groups is 1. The molecule has 0 aliphatic carbocycles. The van der Waals surface area contributed by atoms with E-state index in [1.54, 1.807) is 24.3 Å². The maximum Gasteiger partial charge on any atom is 0.287 e. The van der Waals surface area contributed by atoms with Crippen molar-refractivity contribution in [2.45, 2.75) is 19.8 Å². The average molecular weight is 400 g/mol. The van der Waals surface area contributed by atoms with Crippen LogP contribution in [0, 0.1) is 0 Å². The van der Waals surface area contributed by atoms with Crippen LogP contribution in [0.5, 0.6) is 5.88 Å². The lowest BCUT2D eigenvalue weighted by Gasteiger charge is -2.15. The summed E-state index contributed by atoms with van der Waals surface area (Å²) in [5.74, 6) is -2.56. The van der Waals surface area contributed by atoms with Crippen LogP contribution in [0.25, 0.3) is 11.3 Å². The summed E-state index contributed by atoms with van der Waals surface area (Å²) in [6.45, 7) is 2.13. The summed E-state index contributed by atoms with van der Waals surface area (Å²) in [6, 6.07) is 9.14. The van der Waals surface area contributed by atoms with Gasteiger partial charge in [-0.2, -0.15) is 8.78 Å². The zero-order chi connectivity index (χ0) is 21.0. The number of ether oxygens (including phenoxy) is 1. The van der Waals surface area contributed by atoms with Crippen molar-refractivity contribution in [3.05, 3.63) is 48.3 Å². The predicted molar refractivity (Wildman–Crippen MR) is 103 cm³/mol. The molecule has 3 aromatic rings. The van der Waals surface area contributed by atoms with E-state index in [1.165, 1.54) is 32.4 Å². The SMILES string of the molecule is COc1ccc(-c2cnc(NC(C)=O)cc2Nc2cccc(C(C)(F)F)n2)nn1. The zero-order valence-corrected chi connectivity index (χ0v) is 15.9. The molecule has 0 atom stereocenters. The van der Waals surface area contributed by atoms with Crippen LogP contribution in [-0.2, 0) is 10.7 Å². The number of nitrogens with one attached hydrogen (secondary N) is 2. The van der Waals surface area contributed by atoms with Gasteiger partial charge in [0, 0.05) is 37.7 Å². The Morgan fingerprint density at radius 1 is 1.14 bits per heavy atom. The van der Waals surface area contributed by atoms with E-state index in [-0.39, 0.29) is 23.2 Å². The second-order valence-corrected chi connectivity index (χ2v) is 6.18. The minimum absolute atomic E-state index is 0.201. The topological polar surface area (TPSA) is 102 Å². The van der Waals surface area contributed by atoms with Gasteiger partial charge >= 0.3 is 0 Å². The van der Waals surface area contributed by atoms with E-state index in [1.807, 2.05) is 0 Å². The van der Waals surface area contributed by atoms with Crippen molar-refractivity contribution >= 4 is 23.2 Å². The van der Waals surface area contributed by atoms with Crippen LogP contribution in [0.3, 0.4) is 0 Å². The predicted octanol–water partition coefficient (Wildman–Crippen LogP) is 3.76. The number of methoxy groups -OCH3 is 1. The molecule has 0 unspecified atom stereocenters. The first-order valence-electron chi connectivity index (χ1n) is 8.54. The molecule has 3 rings (SSSR count). The number of aromatic nitrogens is 4. The molecule has 2 N–H and O–H groups in total. The van der Waals surface area contributed by atoms with Crippen molar-refractivity contribution in [1.29, 1.82) is 0 Å². The molecule has 29 heavy (non-hydrogen) atoms. The molecule has 0 saturated heterocycles. The van der Waals surface area contributed by atoms with E-state index in [4.69, 9.17) is 4.74 Å². The van der Waals surface area contributed by atoms with Crippen molar-refractivity contribution in [2.75, 3.05) is 17.7 Å². The summed E-state index contributed by atoms with van der Waals surface area (Å²) >= 11 is 0. The Labute approximate surface area is 165 Å². The second kappa shape index (κ2) is 8.13. The van der Waals surface area contributed by atoms with Gasteiger partial charge in [-0.05, 0) is 18.2 Å². The van der Waals surface area contributed by atoms with E-state index >= 15 is 0 Å². The Morgan fingerprint density at radius 3 is 2.55 bits per heavy atom. The lowest BCUT2D eigenvalue weighted by molar-refractivity contribution is -0.114. The second-order valence-electron chi connectivity index (χ2n) is 6.18. The number of amides is 1. The quantitative estimate of drug-likeness (QED) is 0.650. The largest absolute Gasteiger partial charge is 0.480 e. The molecule has 3 aromatic heterocycles. The first-order chi connectivity index (χ1) is 13.8. The van der Waals surface area contributed by atoms with Gasteiger partial charge in [0.1, 0.15) is 17.3 Å². The van der Waals surface area contributed by atoms with Crippen LogP contribution in [0.1, 0.15) is 19.5 Å². The van der Waals surface area contributed by atoms with Crippen LogP contribution in [-0.4, -0.2) is 33.2 Å². The van der Waals surface area contributed by atoms with Gasteiger partial charge in [0.15, 0.2) is 0 Å². The van der Waals surface area contributed by atoms with Crippen molar-refractivity contribution in [2.24, 2.45) is 0 Å². The molecule has 8 nitrogen and oxygen atoms in total. The standard InChI is InChI=1S/C19H18F2N6O2/c1-11(28)23-17-9-14(24-16-6-4-5-15(25-16)19(2,20)21)12(10-22-17)13-7-8-18(29-3)27-26-13/h4-10H,1-3H3,(H2,22,23,24,25,28). The number of anilines is 3. The number of pyridine rings is 2. The van der Waals surface area contributed by atoms with E-state index in [2.05, 4.69) is 30.8 Å². The van der Waals surface area contributed by atoms with Gasteiger partial charge in [0.05, 0.1) is 18.5 Å². The van der Waals surface area contributed by atoms with Gasteiger partial charge < -0.3 is 15.4 Å². The summed E-state index contributed by atoms with van der Waals surface area (Å²) in [6.07, 6.45) is 1.49. The normalized spacial score (nSPS) is 11.1. The van der Waals surface area contributed by atoms with Crippen LogP contribution in [0.2, 0.25) is 0 Å². The molecular weight excluding hydrogens is 382 g/mol. The molecular formula is C19H18F2N6O2. The third-order valence-electron chi connectivity index (χ3n) is 3.79. The monoisotopic (exact) mass is 400 g/mol. The molecule has 0 aromatic carbocycles. The van der Waals surface area contributed by atoms with E-state index in [0.717, 1.165) is 6.92 Å². The first kappa shape index (κ1) is 20.1. The number of carbonyl (C=O) groups excluding carboxylic acids is 1. The van der Waals surface area contributed by atoms with E-state index in [9.17, 15) is 13.6 Å². The summed E-state index contributed by atoms with van der Waals surface area (Å²) in [5.41, 5.74) is 1.08. The third kappa shape index (κ3) is 4.98. The molecule has 1 amide bonds. The lowest BCUT2D eigenvalue weighted by Crippen LogP contribution is -2.11. The number of hydrogen-bond acceptors (Lipinski definition) is 7. The Hall–Kier alpha value is -3.69. The molecule has 0 spiro atoms. The van der Waals surface area contributed by atoms with Gasteiger partial charge in [-0.15, -0.1) is 10.2 Å². The molecule has 0 radical (unpaired) electrons. The third-order valence-corrected chi connectivity index (χ3v) is 3.79. The number of nitrogens with zero attached hydrogens (tertiary/aromatic N) is 4. The molecule has 10 heteroatoms. The fourth-order valence-corrected chi connectivity index (χ4v) is 2.47. The maximum absolute atomic E-state index is 13.6. The Bertz CT molecular complexity index is 1020. The van der Waals surface area contributed by atoms with Gasteiger partial charge in [-0.25, -0.2) is 9.97 Å². The number of hydrogen-bond donors (Lipinski definition) is 2. The smallest absolute Gasteiger partial charge is 0.287 e. The highest BCUT2D eigenvalue weighted by molar-refractivity contribution is 5.89. The van der Waals surface area contributed by atoms with Crippen molar-refractivity contribution < 1.29 is 18.3 Å². The average Bonchev–Trinajstić information content (AvgIpc) is 2.67. The summed E-state index contributed by atoms with van der Waals surface area (Å²) < 4.78 is 32.2. The molecule has 0 aliphatic heterocycles. The number of rotatable bonds is 6. The molecule has 0 aliphatic rings. The highest BCUT2D eigenvalue weighted by Crippen LogP contribution is 2.31. The summed E-state index contributed by atoms with van der Waals surface area (Å²) in [4.78, 5) is 19.5. The van der Waals surface area contributed by atoms with Gasteiger partial charge in [0.25, 0.3) is 5.92 Å². The molecule has 0 saturated carbocycles. The van der Waals surface area contributed by atoms with E-state index < -0.39 is 5.92 Å². The van der Waals surface area contributed by atoms with Crippen molar-refractivity contribution in [3.8, 4) is 17.1 Å². The molecule has 3 heterocycles.